The first-order valence-corrected chi connectivity index (χ1v) is 3.87. The van der Waals surface area contributed by atoms with Crippen LogP contribution in [0, 0.1) is 0 Å². The molecule has 0 saturated carbocycles. The summed E-state index contributed by atoms with van der Waals surface area (Å²) in [5.41, 5.74) is 5.30. The Hall–Kier alpha value is -0.940. The minimum atomic E-state index is 0.303. The second-order valence-corrected chi connectivity index (χ2v) is 2.40. The predicted octanol–water partition coefficient (Wildman–Crippen LogP) is 0.107. The minimum Gasteiger partial charge on any atom is -0.385 e. The van der Waals surface area contributed by atoms with Crippen molar-refractivity contribution in [3.8, 4) is 0 Å². The fourth-order valence-electron chi connectivity index (χ4n) is 0.849. The van der Waals surface area contributed by atoms with Crippen molar-refractivity contribution in [1.29, 1.82) is 0 Å². The largest absolute Gasteiger partial charge is 0.385 e. The minimum absolute atomic E-state index is 0.303. The van der Waals surface area contributed by atoms with Gasteiger partial charge in [0.05, 0.1) is 6.54 Å². The van der Waals surface area contributed by atoms with E-state index >= 15 is 0 Å². The first-order chi connectivity index (χ1) is 5.86. The van der Waals surface area contributed by atoms with Crippen LogP contribution in [-0.2, 0) is 17.7 Å². The lowest BCUT2D eigenvalue weighted by atomic mass is 10.3. The van der Waals surface area contributed by atoms with Crippen LogP contribution < -0.4 is 5.73 Å². The van der Waals surface area contributed by atoms with Crippen molar-refractivity contribution in [2.45, 2.75) is 19.4 Å². The third-order valence-corrected chi connectivity index (χ3v) is 1.43. The Morgan fingerprint density at radius 1 is 1.58 bits per heavy atom. The van der Waals surface area contributed by atoms with Crippen molar-refractivity contribution < 1.29 is 9.26 Å². The van der Waals surface area contributed by atoms with Crippen molar-refractivity contribution in [2.75, 3.05) is 13.7 Å². The van der Waals surface area contributed by atoms with E-state index < -0.39 is 0 Å². The SMILES string of the molecule is COCCCc1noc(CN)n1. The van der Waals surface area contributed by atoms with E-state index in [-0.39, 0.29) is 0 Å². The monoisotopic (exact) mass is 171 g/mol. The molecule has 0 aliphatic carbocycles. The van der Waals surface area contributed by atoms with E-state index in [0.29, 0.717) is 24.9 Å². The van der Waals surface area contributed by atoms with Crippen LogP contribution in [0.2, 0.25) is 0 Å². The van der Waals surface area contributed by atoms with Gasteiger partial charge in [0.25, 0.3) is 0 Å². The highest BCUT2D eigenvalue weighted by molar-refractivity contribution is 4.85. The summed E-state index contributed by atoms with van der Waals surface area (Å²) in [5, 5.41) is 3.74. The normalized spacial score (nSPS) is 10.5. The maximum Gasteiger partial charge on any atom is 0.240 e. The van der Waals surface area contributed by atoms with E-state index in [0.717, 1.165) is 12.8 Å². The van der Waals surface area contributed by atoms with Gasteiger partial charge in [-0.25, -0.2) is 0 Å². The molecule has 1 aromatic rings. The van der Waals surface area contributed by atoms with E-state index in [1.807, 2.05) is 0 Å². The summed E-state index contributed by atoms with van der Waals surface area (Å²) in [7, 11) is 1.67. The van der Waals surface area contributed by atoms with Crippen LogP contribution in [0.4, 0.5) is 0 Å². The topological polar surface area (TPSA) is 74.2 Å². The average molecular weight is 171 g/mol. The summed E-state index contributed by atoms with van der Waals surface area (Å²) in [6.07, 6.45) is 1.68. The number of hydrogen-bond acceptors (Lipinski definition) is 5. The zero-order valence-corrected chi connectivity index (χ0v) is 7.12. The van der Waals surface area contributed by atoms with Crippen LogP contribution in [0.1, 0.15) is 18.1 Å². The number of ether oxygens (including phenoxy) is 1. The third-order valence-electron chi connectivity index (χ3n) is 1.43. The molecular weight excluding hydrogens is 158 g/mol. The van der Waals surface area contributed by atoms with Crippen LogP contribution in [-0.4, -0.2) is 23.9 Å². The van der Waals surface area contributed by atoms with Crippen molar-refractivity contribution in [3.05, 3.63) is 11.7 Å². The van der Waals surface area contributed by atoms with Crippen molar-refractivity contribution >= 4 is 0 Å². The molecule has 12 heavy (non-hydrogen) atoms. The maximum absolute atomic E-state index is 5.30. The number of rotatable bonds is 5. The van der Waals surface area contributed by atoms with Crippen LogP contribution in [0.3, 0.4) is 0 Å². The number of hydrogen-bond donors (Lipinski definition) is 1. The molecular formula is C7H13N3O2. The molecule has 68 valence electrons. The highest BCUT2D eigenvalue weighted by Crippen LogP contribution is 1.99. The highest BCUT2D eigenvalue weighted by Gasteiger charge is 2.02. The lowest BCUT2D eigenvalue weighted by Crippen LogP contribution is -1.97. The molecule has 0 aliphatic rings. The molecule has 5 heteroatoms. The van der Waals surface area contributed by atoms with Gasteiger partial charge in [0.1, 0.15) is 0 Å². The third kappa shape index (κ3) is 2.60. The second kappa shape index (κ2) is 4.84. The van der Waals surface area contributed by atoms with E-state index in [4.69, 9.17) is 15.0 Å². The Morgan fingerprint density at radius 3 is 3.00 bits per heavy atom. The van der Waals surface area contributed by atoms with Gasteiger partial charge < -0.3 is 15.0 Å². The Bertz CT molecular complexity index is 224. The van der Waals surface area contributed by atoms with Crippen molar-refractivity contribution in [3.63, 3.8) is 0 Å². The Kier molecular flexibility index (Phi) is 3.69. The lowest BCUT2D eigenvalue weighted by molar-refractivity contribution is 0.194. The second-order valence-electron chi connectivity index (χ2n) is 2.40. The molecule has 0 aromatic carbocycles. The molecule has 0 atom stereocenters. The zero-order chi connectivity index (χ0) is 8.81. The predicted molar refractivity (Wildman–Crippen MR) is 42.4 cm³/mol. The lowest BCUT2D eigenvalue weighted by Gasteiger charge is -1.92. The molecule has 0 bridgehead atoms. The highest BCUT2D eigenvalue weighted by atomic mass is 16.5. The molecule has 1 aromatic heterocycles. The number of nitrogens with two attached hydrogens (primary N) is 1. The van der Waals surface area contributed by atoms with Gasteiger partial charge in [-0.15, -0.1) is 0 Å². The van der Waals surface area contributed by atoms with E-state index in [2.05, 4.69) is 10.1 Å². The standard InChI is InChI=1S/C7H13N3O2/c1-11-4-2-3-6-9-7(5-8)12-10-6/h2-5,8H2,1H3. The van der Waals surface area contributed by atoms with Crippen LogP contribution in [0.25, 0.3) is 0 Å². The Labute approximate surface area is 70.9 Å². The molecule has 5 nitrogen and oxygen atoms in total. The van der Waals surface area contributed by atoms with E-state index in [1.165, 1.54) is 0 Å². The van der Waals surface area contributed by atoms with Gasteiger partial charge in [-0.2, -0.15) is 4.98 Å². The first kappa shape index (κ1) is 9.15. The molecule has 0 fully saturated rings. The smallest absolute Gasteiger partial charge is 0.240 e. The van der Waals surface area contributed by atoms with E-state index in [9.17, 15) is 0 Å². The molecule has 0 saturated heterocycles. The summed E-state index contributed by atoms with van der Waals surface area (Å²) >= 11 is 0. The van der Waals surface area contributed by atoms with Crippen LogP contribution in [0.5, 0.6) is 0 Å². The molecule has 0 aliphatic heterocycles. The molecule has 1 heterocycles. The molecule has 2 N–H and O–H groups in total. The maximum atomic E-state index is 5.30. The summed E-state index contributed by atoms with van der Waals surface area (Å²) in [6.45, 7) is 1.02. The number of nitrogens with zero attached hydrogens (tertiary/aromatic N) is 2. The average Bonchev–Trinajstić information content (AvgIpc) is 2.53. The summed E-state index contributed by atoms with van der Waals surface area (Å²) < 4.78 is 9.70. The van der Waals surface area contributed by atoms with Gasteiger partial charge in [-0.3, -0.25) is 0 Å². The Balaban J connectivity index is 2.31. The van der Waals surface area contributed by atoms with Gasteiger partial charge in [0.15, 0.2) is 5.82 Å². The first-order valence-electron chi connectivity index (χ1n) is 3.87. The molecule has 0 spiro atoms. The molecule has 0 unspecified atom stereocenters. The van der Waals surface area contributed by atoms with Crippen LogP contribution in [0.15, 0.2) is 4.52 Å². The number of aryl methyl sites for hydroxylation is 1. The van der Waals surface area contributed by atoms with Gasteiger partial charge >= 0.3 is 0 Å². The summed E-state index contributed by atoms with van der Waals surface area (Å²) in [4.78, 5) is 4.04. The zero-order valence-electron chi connectivity index (χ0n) is 7.12. The van der Waals surface area contributed by atoms with Crippen LogP contribution >= 0.6 is 0 Å². The number of methoxy groups -OCH3 is 1. The molecule has 0 radical (unpaired) electrons. The van der Waals surface area contributed by atoms with Crippen molar-refractivity contribution in [1.82, 2.24) is 10.1 Å². The summed E-state index contributed by atoms with van der Waals surface area (Å²) in [6, 6.07) is 0. The van der Waals surface area contributed by atoms with E-state index in [1.54, 1.807) is 7.11 Å². The molecule has 1 rings (SSSR count). The van der Waals surface area contributed by atoms with Gasteiger partial charge in [0, 0.05) is 20.1 Å². The Morgan fingerprint density at radius 2 is 2.42 bits per heavy atom. The fourth-order valence-corrected chi connectivity index (χ4v) is 0.849. The van der Waals surface area contributed by atoms with Gasteiger partial charge in [0.2, 0.25) is 5.89 Å². The number of aromatic nitrogens is 2. The van der Waals surface area contributed by atoms with Crippen molar-refractivity contribution in [2.24, 2.45) is 5.73 Å². The quantitative estimate of drug-likeness (QED) is 0.636. The van der Waals surface area contributed by atoms with Gasteiger partial charge in [-0.05, 0) is 6.42 Å². The van der Waals surface area contributed by atoms with Gasteiger partial charge in [-0.1, -0.05) is 5.16 Å². The summed E-state index contributed by atoms with van der Waals surface area (Å²) in [5.74, 6) is 1.19. The fraction of sp³-hybridized carbons (Fsp3) is 0.714. The molecule has 0 amide bonds.